The molecule has 0 bridgehead atoms. The van der Waals surface area contributed by atoms with E-state index in [0.717, 1.165) is 19.6 Å². The second kappa shape index (κ2) is 7.43. The van der Waals surface area contributed by atoms with Gasteiger partial charge in [0.05, 0.1) is 17.8 Å². The topological polar surface area (TPSA) is 36.3 Å². The van der Waals surface area contributed by atoms with Crippen LogP contribution in [0, 0.1) is 17.2 Å². The summed E-state index contributed by atoms with van der Waals surface area (Å²) in [6.07, 6.45) is 10.1. The van der Waals surface area contributed by atoms with Crippen LogP contribution in [0.4, 0.5) is 0 Å². The number of nitrogens with zero attached hydrogens (tertiary/aromatic N) is 2. The van der Waals surface area contributed by atoms with E-state index in [1.54, 1.807) is 0 Å². The maximum atomic E-state index is 8.80. The summed E-state index contributed by atoms with van der Waals surface area (Å²) in [6, 6.07) is 2.27. The highest BCUT2D eigenvalue weighted by atomic mass is 16.5. The van der Waals surface area contributed by atoms with E-state index in [4.69, 9.17) is 10.00 Å². The van der Waals surface area contributed by atoms with Gasteiger partial charge >= 0.3 is 0 Å². The van der Waals surface area contributed by atoms with Crippen LogP contribution in [0.5, 0.6) is 0 Å². The molecule has 1 spiro atoms. The van der Waals surface area contributed by atoms with Crippen molar-refractivity contribution in [2.45, 2.75) is 76.9 Å². The first-order valence-corrected chi connectivity index (χ1v) is 8.41. The summed E-state index contributed by atoms with van der Waals surface area (Å²) in [7, 11) is 0. The Morgan fingerprint density at radius 1 is 1.25 bits per heavy atom. The highest BCUT2D eigenvalue weighted by Crippen LogP contribution is 2.42. The molecule has 2 fully saturated rings. The molecule has 0 aromatic carbocycles. The molecule has 0 aromatic rings. The first kappa shape index (κ1) is 15.8. The Balaban J connectivity index is 1.83. The molecule has 1 unspecified atom stereocenters. The van der Waals surface area contributed by atoms with Gasteiger partial charge in [-0.3, -0.25) is 4.90 Å². The number of ether oxygens (including phenoxy) is 1. The third-order valence-corrected chi connectivity index (χ3v) is 4.73. The van der Waals surface area contributed by atoms with E-state index in [0.29, 0.717) is 18.4 Å². The zero-order chi connectivity index (χ0) is 14.4. The van der Waals surface area contributed by atoms with Crippen LogP contribution in [0.1, 0.15) is 65.2 Å². The van der Waals surface area contributed by atoms with E-state index in [-0.39, 0.29) is 5.60 Å². The molecule has 2 rings (SSSR count). The fraction of sp³-hybridized carbons (Fsp3) is 0.941. The lowest BCUT2D eigenvalue weighted by molar-refractivity contribution is -0.0722. The van der Waals surface area contributed by atoms with Crippen molar-refractivity contribution in [3.63, 3.8) is 0 Å². The Morgan fingerprint density at radius 3 is 2.65 bits per heavy atom. The quantitative estimate of drug-likeness (QED) is 0.742. The van der Waals surface area contributed by atoms with E-state index >= 15 is 0 Å². The Labute approximate surface area is 124 Å². The molecule has 1 atom stereocenters. The predicted molar refractivity (Wildman–Crippen MR) is 81.4 cm³/mol. The lowest BCUT2D eigenvalue weighted by atomic mass is 9.83. The molecule has 114 valence electrons. The molecule has 1 heterocycles. The van der Waals surface area contributed by atoms with Gasteiger partial charge in [-0.1, -0.05) is 33.1 Å². The van der Waals surface area contributed by atoms with Gasteiger partial charge in [0.15, 0.2) is 0 Å². The van der Waals surface area contributed by atoms with Gasteiger partial charge in [-0.05, 0) is 31.6 Å². The molecule has 2 aliphatic rings. The van der Waals surface area contributed by atoms with Gasteiger partial charge < -0.3 is 4.74 Å². The molecule has 0 amide bonds. The minimum absolute atomic E-state index is 0.224. The minimum Gasteiger partial charge on any atom is -0.370 e. The molecule has 1 aliphatic carbocycles. The standard InChI is InChI=1S/C17H30N2O/c1-15(2)13-19(12-6-11-18)14-16-7-10-17(20-16)8-4-3-5-9-17/h15-16H,3-10,12-14H2,1-2H3. The van der Waals surface area contributed by atoms with Crippen molar-refractivity contribution >= 4 is 0 Å². The summed E-state index contributed by atoms with van der Waals surface area (Å²) >= 11 is 0. The van der Waals surface area contributed by atoms with Crippen LogP contribution < -0.4 is 0 Å². The van der Waals surface area contributed by atoms with Crippen LogP contribution >= 0.6 is 0 Å². The Bertz CT molecular complexity index is 328. The first-order valence-electron chi connectivity index (χ1n) is 8.41. The third-order valence-electron chi connectivity index (χ3n) is 4.73. The van der Waals surface area contributed by atoms with E-state index in [1.165, 1.54) is 44.9 Å². The van der Waals surface area contributed by atoms with E-state index in [9.17, 15) is 0 Å². The van der Waals surface area contributed by atoms with Crippen molar-refractivity contribution in [1.82, 2.24) is 4.90 Å². The number of hydrogen-bond acceptors (Lipinski definition) is 3. The van der Waals surface area contributed by atoms with E-state index < -0.39 is 0 Å². The Hall–Kier alpha value is -0.590. The fourth-order valence-electron chi connectivity index (χ4n) is 3.86. The van der Waals surface area contributed by atoms with Crippen LogP contribution in [-0.2, 0) is 4.74 Å². The Morgan fingerprint density at radius 2 is 2.00 bits per heavy atom. The van der Waals surface area contributed by atoms with Gasteiger partial charge in [0.2, 0.25) is 0 Å². The SMILES string of the molecule is CC(C)CN(CCC#N)CC1CCC2(CCCCC2)O1. The van der Waals surface area contributed by atoms with Gasteiger partial charge in [0.1, 0.15) is 0 Å². The van der Waals surface area contributed by atoms with Crippen LogP contribution in [0.3, 0.4) is 0 Å². The van der Waals surface area contributed by atoms with E-state index in [2.05, 4.69) is 24.8 Å². The van der Waals surface area contributed by atoms with Crippen molar-refractivity contribution in [3.05, 3.63) is 0 Å². The zero-order valence-corrected chi connectivity index (χ0v) is 13.2. The molecule has 3 nitrogen and oxygen atoms in total. The maximum Gasteiger partial charge on any atom is 0.0710 e. The highest BCUT2D eigenvalue weighted by Gasteiger charge is 2.41. The molecule has 1 aliphatic heterocycles. The van der Waals surface area contributed by atoms with Crippen LogP contribution in [-0.4, -0.2) is 36.2 Å². The van der Waals surface area contributed by atoms with Crippen LogP contribution in [0.15, 0.2) is 0 Å². The molecule has 1 saturated heterocycles. The summed E-state index contributed by atoms with van der Waals surface area (Å²) in [6.45, 7) is 7.48. The van der Waals surface area contributed by atoms with Gasteiger partial charge in [0.25, 0.3) is 0 Å². The monoisotopic (exact) mass is 278 g/mol. The average molecular weight is 278 g/mol. The van der Waals surface area contributed by atoms with Crippen molar-refractivity contribution in [1.29, 1.82) is 5.26 Å². The zero-order valence-electron chi connectivity index (χ0n) is 13.2. The lowest BCUT2D eigenvalue weighted by Crippen LogP contribution is -2.38. The third kappa shape index (κ3) is 4.46. The first-order chi connectivity index (χ1) is 9.63. The molecule has 0 radical (unpaired) electrons. The molecular weight excluding hydrogens is 248 g/mol. The van der Waals surface area contributed by atoms with Crippen molar-refractivity contribution in [2.24, 2.45) is 5.92 Å². The van der Waals surface area contributed by atoms with Crippen molar-refractivity contribution in [3.8, 4) is 6.07 Å². The maximum absolute atomic E-state index is 8.80. The summed E-state index contributed by atoms with van der Waals surface area (Å²) in [5.41, 5.74) is 0.224. The summed E-state index contributed by atoms with van der Waals surface area (Å²) < 4.78 is 6.46. The smallest absolute Gasteiger partial charge is 0.0710 e. The highest BCUT2D eigenvalue weighted by molar-refractivity contribution is 4.92. The average Bonchev–Trinajstić information content (AvgIpc) is 2.79. The second-order valence-electron chi connectivity index (χ2n) is 7.08. The van der Waals surface area contributed by atoms with Gasteiger partial charge in [0, 0.05) is 26.1 Å². The molecular formula is C17H30N2O. The van der Waals surface area contributed by atoms with Crippen molar-refractivity contribution in [2.75, 3.05) is 19.6 Å². The normalized spacial score (nSPS) is 25.4. The summed E-state index contributed by atoms with van der Waals surface area (Å²) in [5.74, 6) is 0.652. The largest absolute Gasteiger partial charge is 0.370 e. The van der Waals surface area contributed by atoms with E-state index in [1.807, 2.05) is 0 Å². The fourth-order valence-corrected chi connectivity index (χ4v) is 3.86. The Kier molecular flexibility index (Phi) is 5.86. The molecule has 0 N–H and O–H groups in total. The molecule has 20 heavy (non-hydrogen) atoms. The van der Waals surface area contributed by atoms with Crippen LogP contribution in [0.2, 0.25) is 0 Å². The minimum atomic E-state index is 0.224. The summed E-state index contributed by atoms with van der Waals surface area (Å²) in [5, 5.41) is 8.80. The number of rotatable bonds is 6. The van der Waals surface area contributed by atoms with Crippen molar-refractivity contribution < 1.29 is 4.74 Å². The van der Waals surface area contributed by atoms with Gasteiger partial charge in [-0.15, -0.1) is 0 Å². The number of hydrogen-bond donors (Lipinski definition) is 0. The molecule has 3 heteroatoms. The molecule has 0 aromatic heterocycles. The van der Waals surface area contributed by atoms with Gasteiger partial charge in [-0.25, -0.2) is 0 Å². The second-order valence-corrected chi connectivity index (χ2v) is 7.08. The number of nitriles is 1. The molecule has 1 saturated carbocycles. The lowest BCUT2D eigenvalue weighted by Gasteiger charge is -2.34. The predicted octanol–water partition coefficient (Wildman–Crippen LogP) is 3.74. The van der Waals surface area contributed by atoms with Gasteiger partial charge in [-0.2, -0.15) is 5.26 Å². The summed E-state index contributed by atoms with van der Waals surface area (Å²) in [4.78, 5) is 2.43. The van der Waals surface area contributed by atoms with Crippen LogP contribution in [0.25, 0.3) is 0 Å².